The highest BCUT2D eigenvalue weighted by Crippen LogP contribution is 2.33. The van der Waals surface area contributed by atoms with E-state index in [2.05, 4.69) is 10.3 Å². The Morgan fingerprint density at radius 1 is 1.03 bits per heavy atom. The zero-order valence-electron chi connectivity index (χ0n) is 18.3. The van der Waals surface area contributed by atoms with Gasteiger partial charge in [0.2, 0.25) is 0 Å². The number of thiophene rings is 1. The number of carbonyl (C=O) groups excluding carboxylic acids is 1. The van der Waals surface area contributed by atoms with Crippen LogP contribution in [0.25, 0.3) is 20.7 Å². The number of halogens is 1. The fourth-order valence-corrected chi connectivity index (χ4v) is 4.76. The van der Waals surface area contributed by atoms with Crippen molar-refractivity contribution in [1.29, 1.82) is 0 Å². The molecular weight excluding hydrogens is 449 g/mol. The zero-order valence-corrected chi connectivity index (χ0v) is 19.1. The van der Waals surface area contributed by atoms with Crippen LogP contribution in [0.5, 0.6) is 0 Å². The SMILES string of the molecule is Cc1ccc(Cn2cnc(=O)c3sc(-c4ccc(NC(=O)c5ccccc5)c(F)c4)cc32)cc1. The standard InChI is InChI=1S/C27H20FN3O2S/c1-17-7-9-18(10-8-17)15-31-16-29-27(33)25-23(31)14-24(34-25)20-11-12-22(21(28)13-20)30-26(32)19-5-3-2-4-6-19/h2-14,16H,15H2,1H3,(H,30,32). The molecule has 0 aliphatic heterocycles. The van der Waals surface area contributed by atoms with Gasteiger partial charge >= 0.3 is 0 Å². The lowest BCUT2D eigenvalue weighted by molar-refractivity contribution is 0.102. The van der Waals surface area contributed by atoms with Crippen molar-refractivity contribution in [1.82, 2.24) is 9.55 Å². The molecule has 1 N–H and O–H groups in total. The van der Waals surface area contributed by atoms with Crippen LogP contribution in [0.2, 0.25) is 0 Å². The number of carbonyl (C=O) groups is 1. The van der Waals surface area contributed by atoms with Gasteiger partial charge in [-0.2, -0.15) is 4.98 Å². The first kappa shape index (κ1) is 21.7. The summed E-state index contributed by atoms with van der Waals surface area (Å²) in [5.74, 6) is -0.930. The molecule has 5 rings (SSSR count). The third-order valence-corrected chi connectivity index (χ3v) is 6.70. The molecule has 0 fully saturated rings. The van der Waals surface area contributed by atoms with Crippen LogP contribution in [0.15, 0.2) is 90.0 Å². The number of hydrogen-bond acceptors (Lipinski definition) is 4. The molecule has 2 heterocycles. The lowest BCUT2D eigenvalue weighted by Crippen LogP contribution is -2.12. The van der Waals surface area contributed by atoms with Crippen molar-refractivity contribution in [2.24, 2.45) is 0 Å². The van der Waals surface area contributed by atoms with Crippen LogP contribution in [-0.4, -0.2) is 15.5 Å². The van der Waals surface area contributed by atoms with Gasteiger partial charge in [-0.3, -0.25) is 9.59 Å². The van der Waals surface area contributed by atoms with E-state index in [1.807, 2.05) is 47.9 Å². The van der Waals surface area contributed by atoms with E-state index in [1.165, 1.54) is 29.0 Å². The highest BCUT2D eigenvalue weighted by molar-refractivity contribution is 7.22. The highest BCUT2D eigenvalue weighted by atomic mass is 32.1. The van der Waals surface area contributed by atoms with Crippen molar-refractivity contribution in [2.75, 3.05) is 5.32 Å². The van der Waals surface area contributed by atoms with E-state index < -0.39 is 5.82 Å². The van der Waals surface area contributed by atoms with Gasteiger partial charge in [0, 0.05) is 17.0 Å². The second kappa shape index (κ2) is 9.03. The molecule has 0 spiro atoms. The first-order valence-corrected chi connectivity index (χ1v) is 11.5. The normalized spacial score (nSPS) is 11.0. The molecular formula is C27H20FN3O2S. The minimum Gasteiger partial charge on any atom is -0.326 e. The van der Waals surface area contributed by atoms with E-state index in [1.54, 1.807) is 36.7 Å². The predicted octanol–water partition coefficient (Wildman–Crippen LogP) is 5.87. The Bertz CT molecular complexity index is 1560. The van der Waals surface area contributed by atoms with Gasteiger partial charge in [-0.15, -0.1) is 11.3 Å². The predicted molar refractivity (Wildman–Crippen MR) is 134 cm³/mol. The molecule has 5 nitrogen and oxygen atoms in total. The Balaban J connectivity index is 1.45. The summed E-state index contributed by atoms with van der Waals surface area (Å²) in [6, 6.07) is 23.3. The second-order valence-electron chi connectivity index (χ2n) is 8.00. The maximum absolute atomic E-state index is 14.9. The number of hydrogen-bond donors (Lipinski definition) is 1. The van der Waals surface area contributed by atoms with Gasteiger partial charge in [0.05, 0.1) is 17.5 Å². The molecule has 0 aliphatic rings. The summed E-state index contributed by atoms with van der Waals surface area (Å²) in [6.45, 7) is 2.60. The molecule has 168 valence electrons. The molecule has 5 aromatic rings. The highest BCUT2D eigenvalue weighted by Gasteiger charge is 2.14. The Kier molecular flexibility index (Phi) is 5.77. The summed E-state index contributed by atoms with van der Waals surface area (Å²) < 4.78 is 17.3. The van der Waals surface area contributed by atoms with Crippen molar-refractivity contribution in [2.45, 2.75) is 13.5 Å². The number of nitrogens with zero attached hydrogens (tertiary/aromatic N) is 2. The number of nitrogens with one attached hydrogen (secondary N) is 1. The lowest BCUT2D eigenvalue weighted by atomic mass is 10.1. The number of aromatic nitrogens is 2. The summed E-state index contributed by atoms with van der Waals surface area (Å²) in [6.07, 6.45) is 1.55. The quantitative estimate of drug-likeness (QED) is 0.350. The summed E-state index contributed by atoms with van der Waals surface area (Å²) in [5, 5.41) is 2.61. The van der Waals surface area contributed by atoms with Crippen molar-refractivity contribution in [3.8, 4) is 10.4 Å². The number of benzene rings is 3. The molecule has 0 saturated heterocycles. The molecule has 0 unspecified atom stereocenters. The molecule has 0 aliphatic carbocycles. The van der Waals surface area contributed by atoms with E-state index >= 15 is 0 Å². The summed E-state index contributed by atoms with van der Waals surface area (Å²) in [5.41, 5.74) is 3.88. The largest absolute Gasteiger partial charge is 0.326 e. The molecule has 0 radical (unpaired) electrons. The summed E-state index contributed by atoms with van der Waals surface area (Å²) >= 11 is 1.28. The topological polar surface area (TPSA) is 64.0 Å². The van der Waals surface area contributed by atoms with E-state index in [0.717, 1.165) is 16.0 Å². The van der Waals surface area contributed by atoms with Gasteiger partial charge in [-0.25, -0.2) is 4.39 Å². The van der Waals surface area contributed by atoms with Gasteiger partial charge in [-0.05, 0) is 48.4 Å². The first-order valence-electron chi connectivity index (χ1n) is 10.7. The van der Waals surface area contributed by atoms with Crippen LogP contribution in [0.3, 0.4) is 0 Å². The molecule has 1 amide bonds. The van der Waals surface area contributed by atoms with Crippen LogP contribution in [0.1, 0.15) is 21.5 Å². The van der Waals surface area contributed by atoms with Crippen molar-refractivity contribution < 1.29 is 9.18 Å². The second-order valence-corrected chi connectivity index (χ2v) is 9.06. The molecule has 0 bridgehead atoms. The fourth-order valence-electron chi connectivity index (χ4n) is 3.70. The van der Waals surface area contributed by atoms with Crippen LogP contribution in [-0.2, 0) is 6.54 Å². The molecule has 0 atom stereocenters. The van der Waals surface area contributed by atoms with Gasteiger partial charge in [-0.1, -0.05) is 54.1 Å². The number of aryl methyl sites for hydroxylation is 1. The minimum absolute atomic E-state index is 0.0966. The fraction of sp³-hybridized carbons (Fsp3) is 0.0741. The Labute approximate surface area is 199 Å². The number of amides is 1. The van der Waals surface area contributed by atoms with Crippen LogP contribution in [0.4, 0.5) is 10.1 Å². The summed E-state index contributed by atoms with van der Waals surface area (Å²) in [4.78, 5) is 29.5. The van der Waals surface area contributed by atoms with Crippen LogP contribution < -0.4 is 10.9 Å². The molecule has 0 saturated carbocycles. The van der Waals surface area contributed by atoms with Crippen LogP contribution >= 0.6 is 11.3 Å². The van der Waals surface area contributed by atoms with Gasteiger partial charge in [0.1, 0.15) is 10.5 Å². The van der Waals surface area contributed by atoms with Crippen molar-refractivity contribution in [3.05, 3.63) is 118 Å². The van der Waals surface area contributed by atoms with Gasteiger partial charge in [0.15, 0.2) is 0 Å². The monoisotopic (exact) mass is 469 g/mol. The number of anilines is 1. The van der Waals surface area contributed by atoms with E-state index in [9.17, 15) is 14.0 Å². The molecule has 34 heavy (non-hydrogen) atoms. The Hall–Kier alpha value is -4.10. The maximum Gasteiger partial charge on any atom is 0.290 e. The molecule has 2 aromatic heterocycles. The van der Waals surface area contributed by atoms with Gasteiger partial charge in [0.25, 0.3) is 11.5 Å². The number of fused-ring (bicyclic) bond motifs is 1. The molecule has 7 heteroatoms. The third kappa shape index (κ3) is 4.38. The van der Waals surface area contributed by atoms with Crippen molar-refractivity contribution >= 4 is 33.1 Å². The van der Waals surface area contributed by atoms with E-state index in [-0.39, 0.29) is 17.2 Å². The smallest absolute Gasteiger partial charge is 0.290 e. The lowest BCUT2D eigenvalue weighted by Gasteiger charge is -2.08. The Morgan fingerprint density at radius 3 is 2.53 bits per heavy atom. The van der Waals surface area contributed by atoms with Crippen LogP contribution in [0, 0.1) is 12.7 Å². The zero-order chi connectivity index (χ0) is 23.7. The van der Waals surface area contributed by atoms with Crippen molar-refractivity contribution in [3.63, 3.8) is 0 Å². The maximum atomic E-state index is 14.9. The first-order chi connectivity index (χ1) is 16.5. The average molecular weight is 470 g/mol. The third-order valence-electron chi connectivity index (χ3n) is 5.54. The number of rotatable bonds is 5. The molecule has 3 aromatic carbocycles. The minimum atomic E-state index is -0.549. The Morgan fingerprint density at radius 2 is 1.79 bits per heavy atom. The van der Waals surface area contributed by atoms with Gasteiger partial charge < -0.3 is 9.88 Å². The van der Waals surface area contributed by atoms with E-state index in [0.29, 0.717) is 22.4 Å². The van der Waals surface area contributed by atoms with E-state index in [4.69, 9.17) is 0 Å². The summed E-state index contributed by atoms with van der Waals surface area (Å²) in [7, 11) is 0. The average Bonchev–Trinajstić information content (AvgIpc) is 3.31.